The number of hydrogen-bond donors (Lipinski definition) is 2. The third kappa shape index (κ3) is 3.78. The molecular formula is C8H9F3N2O2S. The number of carboxylic acid groups (broad SMARTS) is 1. The van der Waals surface area contributed by atoms with Gasteiger partial charge >= 0.3 is 12.1 Å². The molecule has 0 bridgehead atoms. The second-order valence-electron chi connectivity index (χ2n) is 3.09. The Morgan fingerprint density at radius 3 is 2.69 bits per heavy atom. The molecule has 90 valence electrons. The van der Waals surface area contributed by atoms with Crippen LogP contribution in [0.1, 0.15) is 16.7 Å². The zero-order chi connectivity index (χ0) is 12.3. The van der Waals surface area contributed by atoms with E-state index in [9.17, 15) is 18.0 Å². The van der Waals surface area contributed by atoms with Crippen molar-refractivity contribution >= 4 is 17.3 Å². The highest BCUT2D eigenvalue weighted by Crippen LogP contribution is 2.20. The monoisotopic (exact) mass is 254 g/mol. The lowest BCUT2D eigenvalue weighted by molar-refractivity contribution is -0.143. The molecule has 0 spiro atoms. The van der Waals surface area contributed by atoms with Crippen LogP contribution in [-0.2, 0) is 4.79 Å². The predicted octanol–water partition coefficient (Wildman–Crippen LogP) is 1.73. The number of carbonyl (C=O) groups is 1. The van der Waals surface area contributed by atoms with Crippen LogP contribution < -0.4 is 5.32 Å². The van der Waals surface area contributed by atoms with Crippen molar-refractivity contribution in [1.29, 1.82) is 0 Å². The first-order valence-electron chi connectivity index (χ1n) is 4.24. The molecule has 1 unspecified atom stereocenters. The molecule has 0 saturated carbocycles. The highest BCUT2D eigenvalue weighted by Gasteiger charge is 2.31. The van der Waals surface area contributed by atoms with Gasteiger partial charge in [-0.05, 0) is 6.92 Å². The number of alkyl halides is 3. The van der Waals surface area contributed by atoms with Crippen molar-refractivity contribution in [2.24, 2.45) is 0 Å². The van der Waals surface area contributed by atoms with Crippen LogP contribution in [-0.4, -0.2) is 28.8 Å². The summed E-state index contributed by atoms with van der Waals surface area (Å²) in [6.45, 7) is 0.283. The number of thiazole rings is 1. The minimum Gasteiger partial charge on any atom is -0.480 e. The maximum absolute atomic E-state index is 11.9. The van der Waals surface area contributed by atoms with Crippen molar-refractivity contribution < 1.29 is 23.1 Å². The summed E-state index contributed by atoms with van der Waals surface area (Å²) >= 11 is 1.01. The maximum Gasteiger partial charge on any atom is 0.401 e. The minimum absolute atomic E-state index is 0.120. The van der Waals surface area contributed by atoms with Crippen LogP contribution in [0.5, 0.6) is 0 Å². The van der Waals surface area contributed by atoms with Gasteiger partial charge in [-0.1, -0.05) is 0 Å². The van der Waals surface area contributed by atoms with Gasteiger partial charge < -0.3 is 5.11 Å². The highest BCUT2D eigenvalue weighted by atomic mass is 32.1. The molecule has 0 aromatic carbocycles. The highest BCUT2D eigenvalue weighted by molar-refractivity contribution is 7.09. The van der Waals surface area contributed by atoms with Gasteiger partial charge in [-0.3, -0.25) is 10.1 Å². The molecule has 0 saturated heterocycles. The Balaban J connectivity index is 2.73. The van der Waals surface area contributed by atoms with Crippen molar-refractivity contribution in [1.82, 2.24) is 10.3 Å². The lowest BCUT2D eigenvalue weighted by Crippen LogP contribution is -2.35. The number of halogens is 3. The molecule has 0 fully saturated rings. The summed E-state index contributed by atoms with van der Waals surface area (Å²) in [6, 6.07) is -1.42. The number of nitrogens with one attached hydrogen (secondary N) is 1. The summed E-state index contributed by atoms with van der Waals surface area (Å²) < 4.78 is 35.8. The van der Waals surface area contributed by atoms with Crippen LogP contribution in [0.3, 0.4) is 0 Å². The average Bonchev–Trinajstić information content (AvgIpc) is 2.49. The molecule has 0 aliphatic heterocycles. The van der Waals surface area contributed by atoms with Gasteiger partial charge in [-0.25, -0.2) is 4.98 Å². The first kappa shape index (κ1) is 12.9. The summed E-state index contributed by atoms with van der Waals surface area (Å²) in [5, 5.41) is 12.4. The molecule has 4 nitrogen and oxygen atoms in total. The standard InChI is InChI=1S/C8H9F3N2O2S/c1-4-2-16-6(13-4)5(7(14)15)12-3-8(9,10)11/h2,5,12H,3H2,1H3,(H,14,15). The molecule has 1 atom stereocenters. The number of aromatic nitrogens is 1. The van der Waals surface area contributed by atoms with Crippen LogP contribution in [0, 0.1) is 6.92 Å². The number of aliphatic carboxylic acids is 1. The van der Waals surface area contributed by atoms with Gasteiger partial charge in [0.15, 0.2) is 6.04 Å². The lowest BCUT2D eigenvalue weighted by atomic mass is 10.3. The Bertz CT molecular complexity index is 378. The van der Waals surface area contributed by atoms with Gasteiger partial charge in [0.2, 0.25) is 0 Å². The zero-order valence-electron chi connectivity index (χ0n) is 8.21. The summed E-state index contributed by atoms with van der Waals surface area (Å²) in [7, 11) is 0. The normalized spacial score (nSPS) is 13.8. The fourth-order valence-corrected chi connectivity index (χ4v) is 1.86. The van der Waals surface area contributed by atoms with Crippen molar-refractivity contribution in [3.8, 4) is 0 Å². The van der Waals surface area contributed by atoms with E-state index in [1.807, 2.05) is 5.32 Å². The summed E-state index contributed by atoms with van der Waals surface area (Å²) in [6.07, 6.45) is -4.44. The Kier molecular flexibility index (Phi) is 3.87. The Labute approximate surface area is 93.1 Å². The first-order valence-corrected chi connectivity index (χ1v) is 5.12. The van der Waals surface area contributed by atoms with Crippen LogP contribution >= 0.6 is 11.3 Å². The number of aryl methyl sites for hydroxylation is 1. The molecule has 1 aromatic heterocycles. The number of nitrogens with zero attached hydrogens (tertiary/aromatic N) is 1. The fourth-order valence-electron chi connectivity index (χ4n) is 1.00. The van der Waals surface area contributed by atoms with E-state index in [1.165, 1.54) is 0 Å². The molecule has 0 radical (unpaired) electrons. The molecule has 8 heteroatoms. The quantitative estimate of drug-likeness (QED) is 0.859. The van der Waals surface area contributed by atoms with Gasteiger partial charge in [0.1, 0.15) is 5.01 Å². The first-order chi connectivity index (χ1) is 7.29. The predicted molar refractivity (Wildman–Crippen MR) is 51.3 cm³/mol. The van der Waals surface area contributed by atoms with Crippen LogP contribution in [0.15, 0.2) is 5.38 Å². The van der Waals surface area contributed by atoms with Crippen LogP contribution in [0.2, 0.25) is 0 Å². The smallest absolute Gasteiger partial charge is 0.401 e. The van der Waals surface area contributed by atoms with E-state index in [0.29, 0.717) is 5.69 Å². The third-order valence-corrected chi connectivity index (χ3v) is 2.66. The summed E-state index contributed by atoms with van der Waals surface area (Å²) in [5.41, 5.74) is 0.583. The van der Waals surface area contributed by atoms with E-state index in [2.05, 4.69) is 4.98 Å². The van der Waals surface area contributed by atoms with Crippen molar-refractivity contribution in [2.45, 2.75) is 19.1 Å². The zero-order valence-corrected chi connectivity index (χ0v) is 9.02. The molecule has 2 N–H and O–H groups in total. The Hall–Kier alpha value is -1.15. The Morgan fingerprint density at radius 1 is 1.69 bits per heavy atom. The molecule has 1 heterocycles. The van der Waals surface area contributed by atoms with E-state index >= 15 is 0 Å². The van der Waals surface area contributed by atoms with E-state index in [4.69, 9.17) is 5.11 Å². The summed E-state index contributed by atoms with van der Waals surface area (Å²) in [4.78, 5) is 14.6. The van der Waals surface area contributed by atoms with Crippen LogP contribution in [0.25, 0.3) is 0 Å². The van der Waals surface area contributed by atoms with Gasteiger partial charge in [0, 0.05) is 11.1 Å². The summed E-state index contributed by atoms with van der Waals surface area (Å²) in [5.74, 6) is -1.38. The second kappa shape index (κ2) is 4.79. The molecule has 0 aliphatic carbocycles. The number of rotatable bonds is 4. The molecule has 1 rings (SSSR count). The molecule has 0 amide bonds. The second-order valence-corrected chi connectivity index (χ2v) is 3.98. The van der Waals surface area contributed by atoms with E-state index < -0.39 is 24.7 Å². The van der Waals surface area contributed by atoms with Crippen LogP contribution in [0.4, 0.5) is 13.2 Å². The van der Waals surface area contributed by atoms with Crippen molar-refractivity contribution in [3.05, 3.63) is 16.1 Å². The Morgan fingerprint density at radius 2 is 2.31 bits per heavy atom. The van der Waals surface area contributed by atoms with Gasteiger partial charge in [0.25, 0.3) is 0 Å². The molecular weight excluding hydrogens is 245 g/mol. The number of carboxylic acids is 1. The minimum atomic E-state index is -4.44. The maximum atomic E-state index is 11.9. The molecule has 16 heavy (non-hydrogen) atoms. The van der Waals surface area contributed by atoms with Gasteiger partial charge in [-0.2, -0.15) is 13.2 Å². The largest absolute Gasteiger partial charge is 0.480 e. The number of hydrogen-bond acceptors (Lipinski definition) is 4. The van der Waals surface area contributed by atoms with Crippen molar-refractivity contribution in [2.75, 3.05) is 6.54 Å². The van der Waals surface area contributed by atoms with E-state index in [1.54, 1.807) is 12.3 Å². The SMILES string of the molecule is Cc1csc(C(NCC(F)(F)F)C(=O)O)n1. The van der Waals surface area contributed by atoms with Gasteiger partial charge in [-0.15, -0.1) is 11.3 Å². The molecule has 1 aromatic rings. The fraction of sp³-hybridized carbons (Fsp3) is 0.500. The van der Waals surface area contributed by atoms with E-state index in [0.717, 1.165) is 11.3 Å². The lowest BCUT2D eigenvalue weighted by Gasteiger charge is -2.13. The van der Waals surface area contributed by atoms with Gasteiger partial charge in [0.05, 0.1) is 6.54 Å². The average molecular weight is 254 g/mol. The topological polar surface area (TPSA) is 62.2 Å². The van der Waals surface area contributed by atoms with Crippen molar-refractivity contribution in [3.63, 3.8) is 0 Å². The van der Waals surface area contributed by atoms with E-state index in [-0.39, 0.29) is 5.01 Å². The molecule has 0 aliphatic rings. The third-order valence-electron chi connectivity index (χ3n) is 1.64.